The summed E-state index contributed by atoms with van der Waals surface area (Å²) in [6.45, 7) is 0.358. The Morgan fingerprint density at radius 3 is 2.55 bits per heavy atom. The Balaban J connectivity index is 1.41. The number of hydrogen-bond acceptors (Lipinski definition) is 5. The van der Waals surface area contributed by atoms with E-state index in [2.05, 4.69) is 5.32 Å². The van der Waals surface area contributed by atoms with Gasteiger partial charge in [0.1, 0.15) is 12.0 Å². The summed E-state index contributed by atoms with van der Waals surface area (Å²) in [5.74, 6) is 0.282. The second-order valence-corrected chi connectivity index (χ2v) is 9.06. The zero-order valence-corrected chi connectivity index (χ0v) is 19.5. The van der Waals surface area contributed by atoms with Crippen LogP contribution in [0.2, 0.25) is 0 Å². The number of thioether (sulfide) groups is 1. The van der Waals surface area contributed by atoms with E-state index in [9.17, 15) is 9.59 Å². The Labute approximate surface area is 198 Å². The molecule has 3 aromatic carbocycles. The molecule has 33 heavy (non-hydrogen) atoms. The van der Waals surface area contributed by atoms with Gasteiger partial charge in [-0.05, 0) is 47.5 Å². The molecule has 0 radical (unpaired) electrons. The molecule has 2 amide bonds. The lowest BCUT2D eigenvalue weighted by Gasteiger charge is -2.25. The third-order valence-corrected chi connectivity index (χ3v) is 6.52. The van der Waals surface area contributed by atoms with Gasteiger partial charge in [-0.2, -0.15) is 0 Å². The van der Waals surface area contributed by atoms with Crippen LogP contribution in [0.4, 0.5) is 17.1 Å². The lowest BCUT2D eigenvalue weighted by Crippen LogP contribution is -2.28. The van der Waals surface area contributed by atoms with Gasteiger partial charge < -0.3 is 15.0 Å². The standard InChI is InChI=1S/C26H27N3O3S/c1-28(2)22-11-13-23(14-12-22)29-25(31)18-33-26(29)20-9-6-10-21(15-20)27-24(30)17-32-16-19-7-4-3-5-8-19/h3-15,26H,16-18H2,1-2H3,(H,27,30). The highest BCUT2D eigenvalue weighted by molar-refractivity contribution is 8.00. The predicted molar refractivity (Wildman–Crippen MR) is 135 cm³/mol. The van der Waals surface area contributed by atoms with Gasteiger partial charge in [-0.1, -0.05) is 42.5 Å². The average Bonchev–Trinajstić information content (AvgIpc) is 3.21. The van der Waals surface area contributed by atoms with Crippen LogP contribution in [0.25, 0.3) is 0 Å². The molecule has 1 heterocycles. The summed E-state index contributed by atoms with van der Waals surface area (Å²) in [5, 5.41) is 2.75. The van der Waals surface area contributed by atoms with Gasteiger partial charge in [-0.15, -0.1) is 11.8 Å². The van der Waals surface area contributed by atoms with Crippen molar-refractivity contribution in [3.63, 3.8) is 0 Å². The lowest BCUT2D eigenvalue weighted by molar-refractivity contribution is -0.121. The Hall–Kier alpha value is -3.29. The molecule has 1 atom stereocenters. The first kappa shape index (κ1) is 22.9. The van der Waals surface area contributed by atoms with Crippen LogP contribution in [-0.4, -0.2) is 38.3 Å². The molecule has 0 bridgehead atoms. The second-order valence-electron chi connectivity index (χ2n) is 7.99. The number of carbonyl (C=O) groups excluding carboxylic acids is 2. The number of hydrogen-bond donors (Lipinski definition) is 1. The fraction of sp³-hybridized carbons (Fsp3) is 0.231. The minimum absolute atomic E-state index is 0.0276. The van der Waals surface area contributed by atoms with E-state index in [0.29, 0.717) is 18.0 Å². The Bertz CT molecular complexity index is 1100. The summed E-state index contributed by atoms with van der Waals surface area (Å²) >= 11 is 1.58. The molecule has 1 aliphatic rings. The average molecular weight is 462 g/mol. The number of rotatable bonds is 8. The van der Waals surface area contributed by atoms with Crippen molar-refractivity contribution in [2.45, 2.75) is 12.0 Å². The number of benzene rings is 3. The highest BCUT2D eigenvalue weighted by Gasteiger charge is 2.34. The molecule has 6 nitrogen and oxygen atoms in total. The number of carbonyl (C=O) groups is 2. The highest BCUT2D eigenvalue weighted by Crippen LogP contribution is 2.42. The van der Waals surface area contributed by atoms with Crippen LogP contribution in [0.5, 0.6) is 0 Å². The van der Waals surface area contributed by atoms with Gasteiger partial charge in [0.05, 0.1) is 12.4 Å². The predicted octanol–water partition coefficient (Wildman–Crippen LogP) is 4.69. The number of ether oxygens (including phenoxy) is 1. The van der Waals surface area contributed by atoms with Crippen LogP contribution >= 0.6 is 11.8 Å². The van der Waals surface area contributed by atoms with E-state index in [4.69, 9.17) is 4.74 Å². The molecule has 1 unspecified atom stereocenters. The maximum absolute atomic E-state index is 12.7. The van der Waals surface area contributed by atoms with Crippen LogP contribution in [0.1, 0.15) is 16.5 Å². The fourth-order valence-electron chi connectivity index (χ4n) is 3.66. The summed E-state index contributed by atoms with van der Waals surface area (Å²) in [6.07, 6.45) is 0. The fourth-order valence-corrected chi connectivity index (χ4v) is 4.83. The van der Waals surface area contributed by atoms with Crippen LogP contribution < -0.4 is 15.1 Å². The summed E-state index contributed by atoms with van der Waals surface area (Å²) in [4.78, 5) is 28.9. The second kappa shape index (κ2) is 10.6. The van der Waals surface area contributed by atoms with Gasteiger partial charge in [0.15, 0.2) is 0 Å². The van der Waals surface area contributed by atoms with E-state index in [1.54, 1.807) is 11.8 Å². The maximum atomic E-state index is 12.7. The molecule has 1 N–H and O–H groups in total. The first-order valence-corrected chi connectivity index (χ1v) is 11.8. The van der Waals surface area contributed by atoms with Crippen molar-refractivity contribution in [1.82, 2.24) is 0 Å². The topological polar surface area (TPSA) is 61.9 Å². The largest absolute Gasteiger partial charge is 0.378 e. The summed E-state index contributed by atoms with van der Waals surface area (Å²) in [6, 6.07) is 25.4. The van der Waals surface area contributed by atoms with Gasteiger partial charge in [-0.25, -0.2) is 0 Å². The third-order valence-electron chi connectivity index (χ3n) is 5.31. The number of nitrogens with zero attached hydrogens (tertiary/aromatic N) is 2. The molecule has 3 aromatic rings. The minimum Gasteiger partial charge on any atom is -0.378 e. The van der Waals surface area contributed by atoms with E-state index in [1.165, 1.54) is 0 Å². The van der Waals surface area contributed by atoms with Crippen molar-refractivity contribution in [3.8, 4) is 0 Å². The molecule has 0 spiro atoms. The number of nitrogens with one attached hydrogen (secondary N) is 1. The van der Waals surface area contributed by atoms with Gasteiger partial charge in [-0.3, -0.25) is 14.5 Å². The third kappa shape index (κ3) is 5.74. The Morgan fingerprint density at radius 2 is 1.82 bits per heavy atom. The van der Waals surface area contributed by atoms with E-state index < -0.39 is 0 Å². The Kier molecular flexibility index (Phi) is 7.32. The molecule has 1 saturated heterocycles. The zero-order chi connectivity index (χ0) is 23.2. The summed E-state index contributed by atoms with van der Waals surface area (Å²) < 4.78 is 5.53. The molecule has 4 rings (SSSR count). The maximum Gasteiger partial charge on any atom is 0.250 e. The molecular formula is C26H27N3O3S. The molecular weight excluding hydrogens is 434 g/mol. The van der Waals surface area contributed by atoms with Crippen LogP contribution in [-0.2, 0) is 20.9 Å². The minimum atomic E-state index is -0.214. The van der Waals surface area contributed by atoms with Crippen molar-refractivity contribution in [3.05, 3.63) is 90.0 Å². The van der Waals surface area contributed by atoms with Crippen LogP contribution in [0.15, 0.2) is 78.9 Å². The quantitative estimate of drug-likeness (QED) is 0.528. The summed E-state index contributed by atoms with van der Waals surface area (Å²) in [5.41, 5.74) is 4.61. The lowest BCUT2D eigenvalue weighted by atomic mass is 10.1. The van der Waals surface area contributed by atoms with E-state index in [0.717, 1.165) is 22.5 Å². The highest BCUT2D eigenvalue weighted by atomic mass is 32.2. The zero-order valence-electron chi connectivity index (χ0n) is 18.7. The molecule has 0 aromatic heterocycles. The molecule has 0 aliphatic carbocycles. The molecule has 170 valence electrons. The monoisotopic (exact) mass is 461 g/mol. The molecule has 0 saturated carbocycles. The van der Waals surface area contributed by atoms with Crippen LogP contribution in [0, 0.1) is 0 Å². The van der Waals surface area contributed by atoms with Crippen molar-refractivity contribution in [2.75, 3.05) is 41.6 Å². The van der Waals surface area contributed by atoms with Gasteiger partial charge >= 0.3 is 0 Å². The molecule has 1 fully saturated rings. The van der Waals surface area contributed by atoms with Gasteiger partial charge in [0.2, 0.25) is 11.8 Å². The van der Waals surface area contributed by atoms with Crippen molar-refractivity contribution in [2.24, 2.45) is 0 Å². The van der Waals surface area contributed by atoms with Gasteiger partial charge in [0.25, 0.3) is 0 Å². The van der Waals surface area contributed by atoms with E-state index >= 15 is 0 Å². The van der Waals surface area contributed by atoms with Gasteiger partial charge in [0, 0.05) is 31.2 Å². The number of anilines is 3. The van der Waals surface area contributed by atoms with Crippen LogP contribution in [0.3, 0.4) is 0 Å². The van der Waals surface area contributed by atoms with E-state index in [-0.39, 0.29) is 23.8 Å². The SMILES string of the molecule is CN(C)c1ccc(N2C(=O)CSC2c2cccc(NC(=O)COCc3ccccc3)c2)cc1. The first-order valence-electron chi connectivity index (χ1n) is 10.7. The first-order chi connectivity index (χ1) is 16.0. The van der Waals surface area contributed by atoms with Crippen molar-refractivity contribution in [1.29, 1.82) is 0 Å². The normalized spacial score (nSPS) is 15.5. The van der Waals surface area contributed by atoms with E-state index in [1.807, 2.05) is 103 Å². The molecule has 1 aliphatic heterocycles. The smallest absolute Gasteiger partial charge is 0.250 e. The van der Waals surface area contributed by atoms with Crippen molar-refractivity contribution < 1.29 is 14.3 Å². The Morgan fingerprint density at radius 1 is 1.06 bits per heavy atom. The molecule has 7 heteroatoms. The number of amides is 2. The van der Waals surface area contributed by atoms with Crippen molar-refractivity contribution >= 4 is 40.6 Å². The summed E-state index contributed by atoms with van der Waals surface area (Å²) in [7, 11) is 3.97.